The van der Waals surface area contributed by atoms with Gasteiger partial charge in [0.2, 0.25) is 5.91 Å². The monoisotopic (exact) mass is 229 g/mol. The summed E-state index contributed by atoms with van der Waals surface area (Å²) in [5, 5.41) is 0. The molecule has 1 N–H and O–H groups in total. The van der Waals surface area contributed by atoms with Crippen molar-refractivity contribution in [3.8, 4) is 0 Å². The Bertz CT molecular complexity index is 528. The molecule has 1 aromatic heterocycles. The quantitative estimate of drug-likeness (QED) is 0.855. The Kier molecular flexibility index (Phi) is 2.35. The van der Waals surface area contributed by atoms with Gasteiger partial charge >= 0.3 is 0 Å². The van der Waals surface area contributed by atoms with Crippen LogP contribution in [0.5, 0.6) is 0 Å². The molecule has 0 radical (unpaired) electrons. The van der Waals surface area contributed by atoms with Crippen molar-refractivity contribution in [2.24, 2.45) is 0 Å². The standard InChI is InChI=1S/C13H15N3O/c1-2-16-8-9(7-12(16)17)13-14-10-5-3-4-6-11(10)15-13/h3-6,9H,2,7-8H2,1H3,(H,14,15)/t9-/m1/s1. The minimum Gasteiger partial charge on any atom is -0.342 e. The zero-order valence-electron chi connectivity index (χ0n) is 9.81. The number of aromatic nitrogens is 2. The van der Waals surface area contributed by atoms with Gasteiger partial charge in [-0.2, -0.15) is 0 Å². The minimum atomic E-state index is 0.217. The fourth-order valence-electron chi connectivity index (χ4n) is 2.43. The van der Waals surface area contributed by atoms with Crippen molar-refractivity contribution in [2.75, 3.05) is 13.1 Å². The van der Waals surface area contributed by atoms with E-state index in [2.05, 4.69) is 9.97 Å². The number of imidazole rings is 1. The summed E-state index contributed by atoms with van der Waals surface area (Å²) in [6, 6.07) is 7.97. The minimum absolute atomic E-state index is 0.217. The van der Waals surface area contributed by atoms with Crippen molar-refractivity contribution in [3.63, 3.8) is 0 Å². The molecule has 1 amide bonds. The van der Waals surface area contributed by atoms with Crippen molar-refractivity contribution in [1.82, 2.24) is 14.9 Å². The predicted octanol–water partition coefficient (Wildman–Crippen LogP) is 1.90. The van der Waals surface area contributed by atoms with Crippen LogP contribution < -0.4 is 0 Å². The zero-order valence-corrected chi connectivity index (χ0v) is 9.81. The van der Waals surface area contributed by atoms with E-state index in [0.29, 0.717) is 6.42 Å². The molecular formula is C13H15N3O. The average molecular weight is 229 g/mol. The normalized spacial score (nSPS) is 20.4. The van der Waals surface area contributed by atoms with Crippen LogP contribution in [0.1, 0.15) is 25.1 Å². The number of amides is 1. The van der Waals surface area contributed by atoms with Crippen LogP contribution in [0.4, 0.5) is 0 Å². The number of rotatable bonds is 2. The molecule has 1 saturated heterocycles. The van der Waals surface area contributed by atoms with Crippen LogP contribution in [-0.2, 0) is 4.79 Å². The lowest BCUT2D eigenvalue weighted by Crippen LogP contribution is -2.24. The fraction of sp³-hybridized carbons (Fsp3) is 0.385. The number of fused-ring (bicyclic) bond motifs is 1. The highest BCUT2D eigenvalue weighted by Gasteiger charge is 2.31. The molecule has 1 aliphatic rings. The second-order valence-electron chi connectivity index (χ2n) is 4.47. The van der Waals surface area contributed by atoms with E-state index in [1.54, 1.807) is 0 Å². The first-order valence-electron chi connectivity index (χ1n) is 6.00. The average Bonchev–Trinajstić information content (AvgIpc) is 2.91. The van der Waals surface area contributed by atoms with Gasteiger partial charge in [-0.1, -0.05) is 12.1 Å². The van der Waals surface area contributed by atoms with Gasteiger partial charge in [-0.3, -0.25) is 4.79 Å². The molecule has 0 saturated carbocycles. The van der Waals surface area contributed by atoms with Gasteiger partial charge in [0.25, 0.3) is 0 Å². The lowest BCUT2D eigenvalue weighted by molar-refractivity contribution is -0.127. The van der Waals surface area contributed by atoms with Gasteiger partial charge in [0.1, 0.15) is 5.82 Å². The molecule has 1 atom stereocenters. The Morgan fingerprint density at radius 3 is 3.00 bits per heavy atom. The highest BCUT2D eigenvalue weighted by atomic mass is 16.2. The van der Waals surface area contributed by atoms with Crippen LogP contribution in [0.2, 0.25) is 0 Å². The van der Waals surface area contributed by atoms with Gasteiger partial charge in [-0.25, -0.2) is 4.98 Å². The van der Waals surface area contributed by atoms with Crippen LogP contribution in [0.3, 0.4) is 0 Å². The number of nitrogens with one attached hydrogen (secondary N) is 1. The second-order valence-corrected chi connectivity index (χ2v) is 4.47. The molecular weight excluding hydrogens is 214 g/mol. The number of likely N-dealkylation sites (N-methyl/N-ethyl adjacent to an activating group) is 1. The Morgan fingerprint density at radius 1 is 1.47 bits per heavy atom. The summed E-state index contributed by atoms with van der Waals surface area (Å²) >= 11 is 0. The van der Waals surface area contributed by atoms with Crippen molar-refractivity contribution < 1.29 is 4.79 Å². The highest BCUT2D eigenvalue weighted by Crippen LogP contribution is 2.27. The van der Waals surface area contributed by atoms with Crippen LogP contribution in [0.15, 0.2) is 24.3 Å². The number of aromatic amines is 1. The number of hydrogen-bond donors (Lipinski definition) is 1. The molecule has 88 valence electrons. The summed E-state index contributed by atoms with van der Waals surface area (Å²) in [5.41, 5.74) is 2.02. The number of benzene rings is 1. The maximum absolute atomic E-state index is 11.7. The lowest BCUT2D eigenvalue weighted by atomic mass is 10.1. The smallest absolute Gasteiger partial charge is 0.223 e. The van der Waals surface area contributed by atoms with Gasteiger partial charge in [0.05, 0.1) is 11.0 Å². The summed E-state index contributed by atoms with van der Waals surface area (Å²) in [6.07, 6.45) is 0.577. The van der Waals surface area contributed by atoms with E-state index in [1.165, 1.54) is 0 Å². The van der Waals surface area contributed by atoms with Crippen molar-refractivity contribution >= 4 is 16.9 Å². The summed E-state index contributed by atoms with van der Waals surface area (Å²) in [7, 11) is 0. The summed E-state index contributed by atoms with van der Waals surface area (Å²) in [5.74, 6) is 1.39. The van der Waals surface area contributed by atoms with Crippen molar-refractivity contribution in [2.45, 2.75) is 19.3 Å². The molecule has 4 heteroatoms. The Hall–Kier alpha value is -1.84. The molecule has 0 bridgehead atoms. The highest BCUT2D eigenvalue weighted by molar-refractivity contribution is 5.80. The summed E-state index contributed by atoms with van der Waals surface area (Å²) < 4.78 is 0. The lowest BCUT2D eigenvalue weighted by Gasteiger charge is -2.12. The first kappa shape index (κ1) is 10.3. The number of carbonyl (C=O) groups excluding carboxylic acids is 1. The molecule has 3 rings (SSSR count). The van der Waals surface area contributed by atoms with Crippen molar-refractivity contribution in [1.29, 1.82) is 0 Å². The maximum Gasteiger partial charge on any atom is 0.223 e. The SMILES string of the molecule is CCN1C[C@H](c2nc3ccccc3[nH]2)CC1=O. The first-order valence-corrected chi connectivity index (χ1v) is 6.00. The van der Waals surface area contributed by atoms with E-state index in [9.17, 15) is 4.79 Å². The number of likely N-dealkylation sites (tertiary alicyclic amines) is 1. The third kappa shape index (κ3) is 1.69. The number of para-hydroxylation sites is 2. The third-order valence-corrected chi connectivity index (χ3v) is 3.39. The first-order chi connectivity index (χ1) is 8.28. The van der Waals surface area contributed by atoms with E-state index in [4.69, 9.17) is 0 Å². The number of H-pyrrole nitrogens is 1. The predicted molar refractivity (Wildman–Crippen MR) is 65.7 cm³/mol. The Labute approximate surface area is 99.6 Å². The summed E-state index contributed by atoms with van der Waals surface area (Å²) in [6.45, 7) is 3.59. The van der Waals surface area contributed by atoms with Gasteiger partial charge in [-0.15, -0.1) is 0 Å². The zero-order chi connectivity index (χ0) is 11.8. The molecule has 1 aromatic carbocycles. The van der Waals surface area contributed by atoms with E-state index < -0.39 is 0 Å². The Morgan fingerprint density at radius 2 is 2.29 bits per heavy atom. The fourth-order valence-corrected chi connectivity index (χ4v) is 2.43. The van der Waals surface area contributed by atoms with E-state index in [1.807, 2.05) is 36.1 Å². The van der Waals surface area contributed by atoms with E-state index in [0.717, 1.165) is 29.9 Å². The molecule has 0 aliphatic carbocycles. The third-order valence-electron chi connectivity index (χ3n) is 3.39. The second kappa shape index (κ2) is 3.87. The molecule has 2 aromatic rings. The van der Waals surface area contributed by atoms with Gasteiger partial charge in [0.15, 0.2) is 0 Å². The van der Waals surface area contributed by atoms with Crippen LogP contribution in [0, 0.1) is 0 Å². The van der Waals surface area contributed by atoms with Crippen LogP contribution in [-0.4, -0.2) is 33.9 Å². The number of nitrogens with zero attached hydrogens (tertiary/aromatic N) is 2. The van der Waals surface area contributed by atoms with E-state index >= 15 is 0 Å². The molecule has 4 nitrogen and oxygen atoms in total. The van der Waals surface area contributed by atoms with Crippen LogP contribution >= 0.6 is 0 Å². The molecule has 1 aliphatic heterocycles. The molecule has 1 fully saturated rings. The maximum atomic E-state index is 11.7. The van der Waals surface area contributed by atoms with Gasteiger partial charge in [0, 0.05) is 25.4 Å². The number of hydrogen-bond acceptors (Lipinski definition) is 2. The molecule has 2 heterocycles. The van der Waals surface area contributed by atoms with E-state index in [-0.39, 0.29) is 11.8 Å². The molecule has 0 spiro atoms. The largest absolute Gasteiger partial charge is 0.342 e. The molecule has 17 heavy (non-hydrogen) atoms. The number of carbonyl (C=O) groups is 1. The topological polar surface area (TPSA) is 49.0 Å². The van der Waals surface area contributed by atoms with Crippen molar-refractivity contribution in [3.05, 3.63) is 30.1 Å². The van der Waals surface area contributed by atoms with Crippen LogP contribution in [0.25, 0.3) is 11.0 Å². The summed E-state index contributed by atoms with van der Waals surface area (Å²) in [4.78, 5) is 21.5. The molecule has 0 unspecified atom stereocenters. The Balaban J connectivity index is 1.92. The van der Waals surface area contributed by atoms with Gasteiger partial charge in [-0.05, 0) is 19.1 Å². The van der Waals surface area contributed by atoms with Gasteiger partial charge < -0.3 is 9.88 Å².